The van der Waals surface area contributed by atoms with Gasteiger partial charge in [0.25, 0.3) is 0 Å². The third-order valence-electron chi connectivity index (χ3n) is 7.86. The molecule has 4 heteroatoms. The largest absolute Gasteiger partial charge is 0.454 e. The van der Waals surface area contributed by atoms with E-state index in [9.17, 15) is 15.0 Å². The molecule has 0 bridgehead atoms. The Balaban J connectivity index is 1.87. The van der Waals surface area contributed by atoms with Crippen LogP contribution >= 0.6 is 0 Å². The summed E-state index contributed by atoms with van der Waals surface area (Å²) in [6.07, 6.45) is 5.77. The smallest absolute Gasteiger partial charge is 0.317 e. The lowest BCUT2D eigenvalue weighted by Crippen LogP contribution is -2.85. The second-order valence-corrected chi connectivity index (χ2v) is 9.51. The van der Waals surface area contributed by atoms with Crippen molar-refractivity contribution in [1.82, 2.24) is 0 Å². The molecule has 0 aromatic rings. The van der Waals surface area contributed by atoms with Gasteiger partial charge in [-0.1, -0.05) is 40.2 Å². The maximum atomic E-state index is 12.8. The number of rotatable bonds is 1. The first-order chi connectivity index (χ1) is 11.1. The van der Waals surface area contributed by atoms with Crippen LogP contribution in [0.5, 0.6) is 0 Å². The Labute approximate surface area is 144 Å². The molecule has 0 amide bonds. The van der Waals surface area contributed by atoms with Crippen molar-refractivity contribution in [3.8, 4) is 0 Å². The van der Waals surface area contributed by atoms with Gasteiger partial charge in [-0.25, -0.2) is 0 Å². The van der Waals surface area contributed by atoms with Crippen LogP contribution in [-0.2, 0) is 9.53 Å². The molecule has 5 unspecified atom stereocenters. The fourth-order valence-electron chi connectivity index (χ4n) is 6.66. The third kappa shape index (κ3) is 1.56. The highest BCUT2D eigenvalue weighted by Gasteiger charge is 2.83. The van der Waals surface area contributed by atoms with E-state index in [0.29, 0.717) is 12.8 Å². The highest BCUT2D eigenvalue weighted by Crippen LogP contribution is 2.72. The van der Waals surface area contributed by atoms with Crippen molar-refractivity contribution >= 4 is 5.97 Å². The monoisotopic (exact) mass is 334 g/mol. The van der Waals surface area contributed by atoms with Crippen molar-refractivity contribution < 1.29 is 19.7 Å². The van der Waals surface area contributed by atoms with Gasteiger partial charge in [-0.05, 0) is 48.5 Å². The first-order valence-corrected chi connectivity index (χ1v) is 9.46. The number of ether oxygens (including phenoxy) is 1. The summed E-state index contributed by atoms with van der Waals surface area (Å²) < 4.78 is 5.80. The summed E-state index contributed by atoms with van der Waals surface area (Å²) in [4.78, 5) is 12.8. The van der Waals surface area contributed by atoms with Gasteiger partial charge in [0, 0.05) is 6.42 Å². The quantitative estimate of drug-likeness (QED) is 0.571. The van der Waals surface area contributed by atoms with Crippen molar-refractivity contribution in [2.75, 3.05) is 0 Å². The standard InChI is InChI=1S/C20H30O4/c1-12(2)13-6-11-20-18(16(22)24-20)9-5-8-17(3,4)14(18)7-10-19(20,23)15(13)21/h6,12,14-15,21,23H,5,7-11H2,1-4H3. The highest BCUT2D eigenvalue weighted by atomic mass is 16.6. The number of aliphatic hydroxyl groups excluding tert-OH is 1. The van der Waals surface area contributed by atoms with Crippen LogP contribution in [0.15, 0.2) is 11.6 Å². The minimum absolute atomic E-state index is 0.0685. The van der Waals surface area contributed by atoms with E-state index in [1.54, 1.807) is 0 Å². The average Bonchev–Trinajstić information content (AvgIpc) is 2.48. The number of carbonyl (C=O) groups is 1. The van der Waals surface area contributed by atoms with Crippen LogP contribution in [0.3, 0.4) is 0 Å². The van der Waals surface area contributed by atoms with E-state index in [4.69, 9.17) is 4.74 Å². The molecule has 0 aromatic heterocycles. The molecule has 4 rings (SSSR count). The first kappa shape index (κ1) is 16.6. The second-order valence-electron chi connectivity index (χ2n) is 9.51. The maximum Gasteiger partial charge on any atom is 0.317 e. The lowest BCUT2D eigenvalue weighted by molar-refractivity contribution is -0.358. The summed E-state index contributed by atoms with van der Waals surface area (Å²) in [6.45, 7) is 8.57. The van der Waals surface area contributed by atoms with Crippen molar-refractivity contribution in [3.05, 3.63) is 11.6 Å². The van der Waals surface area contributed by atoms with Crippen LogP contribution in [0.4, 0.5) is 0 Å². The summed E-state index contributed by atoms with van der Waals surface area (Å²) in [6, 6.07) is 0. The number of hydrogen-bond donors (Lipinski definition) is 2. The Bertz CT molecular complexity index is 621. The molecule has 2 spiro atoms. The van der Waals surface area contributed by atoms with Crippen LogP contribution in [0, 0.1) is 22.7 Å². The molecule has 4 nitrogen and oxygen atoms in total. The Morgan fingerprint density at radius 2 is 1.96 bits per heavy atom. The zero-order valence-corrected chi connectivity index (χ0v) is 15.3. The topological polar surface area (TPSA) is 66.8 Å². The van der Waals surface area contributed by atoms with Gasteiger partial charge in [-0.2, -0.15) is 0 Å². The molecule has 3 aliphatic carbocycles. The fraction of sp³-hybridized carbons (Fsp3) is 0.850. The third-order valence-corrected chi connectivity index (χ3v) is 7.86. The van der Waals surface area contributed by atoms with Gasteiger partial charge in [-0.15, -0.1) is 0 Å². The van der Waals surface area contributed by atoms with E-state index in [-0.39, 0.29) is 23.2 Å². The molecular weight excluding hydrogens is 304 g/mol. The number of esters is 1. The number of carbonyl (C=O) groups excluding carboxylic acids is 1. The molecule has 1 saturated heterocycles. The summed E-state index contributed by atoms with van der Waals surface area (Å²) >= 11 is 0. The summed E-state index contributed by atoms with van der Waals surface area (Å²) in [5, 5.41) is 22.6. The molecule has 0 radical (unpaired) electrons. The lowest BCUT2D eigenvalue weighted by Gasteiger charge is -2.73. The minimum Gasteiger partial charge on any atom is -0.454 e. The van der Waals surface area contributed by atoms with Gasteiger partial charge >= 0.3 is 5.97 Å². The molecule has 0 aromatic carbocycles. The molecule has 5 atom stereocenters. The van der Waals surface area contributed by atoms with Crippen molar-refractivity contribution in [1.29, 1.82) is 0 Å². The summed E-state index contributed by atoms with van der Waals surface area (Å²) in [7, 11) is 0. The number of hydrogen-bond acceptors (Lipinski definition) is 4. The second kappa shape index (κ2) is 4.64. The predicted molar refractivity (Wildman–Crippen MR) is 90.1 cm³/mol. The van der Waals surface area contributed by atoms with Gasteiger partial charge in [-0.3, -0.25) is 4.79 Å². The molecule has 24 heavy (non-hydrogen) atoms. The van der Waals surface area contributed by atoms with Crippen LogP contribution in [0.1, 0.15) is 66.2 Å². The molecule has 1 heterocycles. The van der Waals surface area contributed by atoms with E-state index in [1.807, 2.05) is 19.9 Å². The average molecular weight is 334 g/mol. The normalized spacial score (nSPS) is 49.3. The van der Waals surface area contributed by atoms with E-state index in [2.05, 4.69) is 13.8 Å². The molecule has 134 valence electrons. The van der Waals surface area contributed by atoms with Crippen molar-refractivity contribution in [2.24, 2.45) is 22.7 Å². The van der Waals surface area contributed by atoms with Gasteiger partial charge < -0.3 is 14.9 Å². The lowest BCUT2D eigenvalue weighted by atomic mass is 9.38. The minimum atomic E-state index is -1.35. The van der Waals surface area contributed by atoms with Crippen LogP contribution in [0.25, 0.3) is 0 Å². The predicted octanol–water partition coefficient (Wildman–Crippen LogP) is 2.97. The van der Waals surface area contributed by atoms with E-state index < -0.39 is 22.7 Å². The maximum absolute atomic E-state index is 12.8. The number of aliphatic hydroxyl groups is 2. The van der Waals surface area contributed by atoms with Crippen LogP contribution < -0.4 is 0 Å². The van der Waals surface area contributed by atoms with Gasteiger partial charge in [0.15, 0.2) is 5.60 Å². The van der Waals surface area contributed by atoms with Gasteiger partial charge in [0.05, 0.1) is 0 Å². The zero-order valence-electron chi connectivity index (χ0n) is 15.3. The Morgan fingerprint density at radius 3 is 2.58 bits per heavy atom. The van der Waals surface area contributed by atoms with Crippen molar-refractivity contribution in [3.63, 3.8) is 0 Å². The van der Waals surface area contributed by atoms with E-state index >= 15 is 0 Å². The SMILES string of the molecule is CC(C)C1=CCC23OC(=O)C24CCCC(C)(C)C4CCC3(O)C1O. The van der Waals surface area contributed by atoms with Crippen molar-refractivity contribution in [2.45, 2.75) is 83.5 Å². The molecule has 2 N–H and O–H groups in total. The highest BCUT2D eigenvalue weighted by molar-refractivity contribution is 5.87. The molecule has 3 fully saturated rings. The molecule has 4 aliphatic rings. The zero-order chi connectivity index (χ0) is 17.5. The summed E-state index contributed by atoms with van der Waals surface area (Å²) in [5.41, 5.74) is -1.95. The van der Waals surface area contributed by atoms with Gasteiger partial charge in [0.1, 0.15) is 17.1 Å². The Hall–Kier alpha value is -0.870. The van der Waals surface area contributed by atoms with E-state index in [1.165, 1.54) is 0 Å². The summed E-state index contributed by atoms with van der Waals surface area (Å²) in [5.74, 6) is 0.252. The van der Waals surface area contributed by atoms with Crippen LogP contribution in [-0.4, -0.2) is 33.5 Å². The van der Waals surface area contributed by atoms with Crippen LogP contribution in [0.2, 0.25) is 0 Å². The molecule has 1 aliphatic heterocycles. The Kier molecular flexibility index (Phi) is 3.21. The van der Waals surface area contributed by atoms with Gasteiger partial charge in [0.2, 0.25) is 0 Å². The van der Waals surface area contributed by atoms with E-state index in [0.717, 1.165) is 31.3 Å². The fourth-order valence-corrected chi connectivity index (χ4v) is 6.66. The first-order valence-electron chi connectivity index (χ1n) is 9.46. The molecular formula is C20H30O4. The Morgan fingerprint density at radius 1 is 1.25 bits per heavy atom. The molecule has 2 saturated carbocycles.